The fourth-order valence-corrected chi connectivity index (χ4v) is 9.02. The van der Waals surface area contributed by atoms with E-state index in [1.165, 1.54) is 0 Å². The van der Waals surface area contributed by atoms with Gasteiger partial charge in [0.2, 0.25) is 17.7 Å². The van der Waals surface area contributed by atoms with Gasteiger partial charge in [-0.15, -0.1) is 0 Å². The summed E-state index contributed by atoms with van der Waals surface area (Å²) >= 11 is 0. The van der Waals surface area contributed by atoms with Gasteiger partial charge < -0.3 is 30.2 Å². The third-order valence-electron chi connectivity index (χ3n) is 12.4. The molecule has 0 radical (unpaired) electrons. The molecule has 0 aliphatic carbocycles. The van der Waals surface area contributed by atoms with E-state index < -0.39 is 0 Å². The summed E-state index contributed by atoms with van der Waals surface area (Å²) in [6, 6.07) is 12.0. The average Bonchev–Trinajstić information content (AvgIpc) is 3.81. The van der Waals surface area contributed by atoms with E-state index in [0.29, 0.717) is 45.3 Å². The highest BCUT2D eigenvalue weighted by atomic mass is 16.2. The molecule has 52 heavy (non-hydrogen) atoms. The Bertz CT molecular complexity index is 1790. The van der Waals surface area contributed by atoms with E-state index in [2.05, 4.69) is 50.9 Å². The van der Waals surface area contributed by atoms with Crippen molar-refractivity contribution in [2.24, 2.45) is 11.3 Å². The minimum Gasteiger partial charge on any atom is -0.343 e. The minimum atomic E-state index is -0.226. The number of nitrogens with one attached hydrogen (secondary N) is 3. The van der Waals surface area contributed by atoms with Gasteiger partial charge in [-0.2, -0.15) is 5.10 Å². The number of urea groups is 1. The van der Waals surface area contributed by atoms with Gasteiger partial charge in [0.15, 0.2) is 0 Å². The van der Waals surface area contributed by atoms with Crippen molar-refractivity contribution >= 4 is 40.3 Å². The molecule has 4 aliphatic heterocycles. The quantitative estimate of drug-likeness (QED) is 0.280. The number of likely N-dealkylation sites (tertiary alicyclic amines) is 3. The number of hydrogen-bond acceptors (Lipinski definition) is 6. The zero-order valence-electron chi connectivity index (χ0n) is 31.0. The number of H-pyrrole nitrogens is 1. The predicted molar refractivity (Wildman–Crippen MR) is 200 cm³/mol. The van der Waals surface area contributed by atoms with Crippen molar-refractivity contribution in [3.8, 4) is 0 Å². The summed E-state index contributed by atoms with van der Waals surface area (Å²) in [7, 11) is 1.82. The summed E-state index contributed by atoms with van der Waals surface area (Å²) < 4.78 is 0. The van der Waals surface area contributed by atoms with Gasteiger partial charge in [0.1, 0.15) is 0 Å². The van der Waals surface area contributed by atoms with E-state index in [-0.39, 0.29) is 47.2 Å². The predicted octanol–water partition coefficient (Wildman–Crippen LogP) is 4.69. The monoisotopic (exact) mass is 710 g/mol. The number of benzene rings is 2. The summed E-state index contributed by atoms with van der Waals surface area (Å²) in [5.41, 5.74) is 5.29. The molecule has 0 bridgehead atoms. The molecule has 3 saturated heterocycles. The number of hydrogen-bond donors (Lipinski definition) is 3. The number of rotatable bonds is 10. The van der Waals surface area contributed by atoms with Gasteiger partial charge in [-0.1, -0.05) is 24.3 Å². The van der Waals surface area contributed by atoms with Crippen LogP contribution < -0.4 is 10.6 Å². The number of aromatic amines is 1. The van der Waals surface area contributed by atoms with Gasteiger partial charge in [0.25, 0.3) is 0 Å². The molecule has 3 N–H and O–H groups in total. The molecule has 1 spiro atoms. The van der Waals surface area contributed by atoms with Gasteiger partial charge in [-0.05, 0) is 106 Å². The van der Waals surface area contributed by atoms with Crippen LogP contribution in [-0.4, -0.2) is 112 Å². The molecular weight excluding hydrogens is 656 g/mol. The SMILES string of the molecule is CN[C@H](C)C(=O)N1CCC2(CCN(C(=O)[C@H](CCCC(=O)N3CCC(N4Cc5ccccc5NC4=O)CC3)Cc3cc(C)c4[nH]ncc4c3)C2)CC1. The van der Waals surface area contributed by atoms with Crippen molar-refractivity contribution < 1.29 is 19.2 Å². The highest BCUT2D eigenvalue weighted by Crippen LogP contribution is 2.41. The molecule has 1 aromatic heterocycles. The largest absolute Gasteiger partial charge is 0.343 e. The van der Waals surface area contributed by atoms with Crippen LogP contribution in [0.15, 0.2) is 42.6 Å². The van der Waals surface area contributed by atoms with Crippen LogP contribution in [0.1, 0.15) is 75.0 Å². The van der Waals surface area contributed by atoms with Crippen LogP contribution in [0, 0.1) is 18.3 Å². The molecule has 4 aliphatic rings. The molecule has 2 atom stereocenters. The van der Waals surface area contributed by atoms with Crippen LogP contribution >= 0.6 is 0 Å². The molecule has 7 rings (SSSR count). The lowest BCUT2D eigenvalue weighted by atomic mass is 9.77. The van der Waals surface area contributed by atoms with E-state index in [4.69, 9.17) is 0 Å². The number of nitrogens with zero attached hydrogens (tertiary/aromatic N) is 5. The van der Waals surface area contributed by atoms with Gasteiger partial charge in [-0.3, -0.25) is 19.5 Å². The molecular formula is C40H54N8O4. The Labute approximate surface area is 306 Å². The van der Waals surface area contributed by atoms with Crippen molar-refractivity contribution in [1.82, 2.24) is 35.1 Å². The lowest BCUT2D eigenvalue weighted by Crippen LogP contribution is -2.51. The zero-order chi connectivity index (χ0) is 36.4. The van der Waals surface area contributed by atoms with Crippen LogP contribution in [0.4, 0.5) is 10.5 Å². The number of aryl methyl sites for hydroxylation is 1. The topological polar surface area (TPSA) is 134 Å². The van der Waals surface area contributed by atoms with Gasteiger partial charge in [0.05, 0.1) is 17.8 Å². The molecule has 3 fully saturated rings. The maximum atomic E-state index is 14.3. The molecule has 5 amide bonds. The van der Waals surface area contributed by atoms with Crippen LogP contribution in [0.25, 0.3) is 10.9 Å². The fraction of sp³-hybridized carbons (Fsp3) is 0.575. The number of carbonyl (C=O) groups is 4. The van der Waals surface area contributed by atoms with Crippen molar-refractivity contribution in [2.75, 3.05) is 51.6 Å². The van der Waals surface area contributed by atoms with Gasteiger partial charge in [0, 0.05) is 75.3 Å². The number of anilines is 1. The molecule has 5 heterocycles. The lowest BCUT2D eigenvalue weighted by Gasteiger charge is -2.40. The summed E-state index contributed by atoms with van der Waals surface area (Å²) in [4.78, 5) is 61.4. The average molecular weight is 711 g/mol. The number of aromatic nitrogens is 2. The fourth-order valence-electron chi connectivity index (χ4n) is 9.02. The number of piperidine rings is 2. The maximum Gasteiger partial charge on any atom is 0.322 e. The summed E-state index contributed by atoms with van der Waals surface area (Å²) in [6.07, 6.45) is 8.47. The Morgan fingerprint density at radius 1 is 0.981 bits per heavy atom. The smallest absolute Gasteiger partial charge is 0.322 e. The Hall–Kier alpha value is -4.45. The van der Waals surface area contributed by atoms with Crippen LogP contribution in [0.5, 0.6) is 0 Å². The second-order valence-electron chi connectivity index (χ2n) is 15.7. The second-order valence-corrected chi connectivity index (χ2v) is 15.7. The number of amides is 5. The van der Waals surface area contributed by atoms with Crippen molar-refractivity contribution in [3.05, 3.63) is 59.3 Å². The molecule has 0 saturated carbocycles. The Morgan fingerprint density at radius 2 is 1.71 bits per heavy atom. The maximum absolute atomic E-state index is 14.3. The van der Waals surface area contributed by atoms with Crippen LogP contribution in [0.3, 0.4) is 0 Å². The van der Waals surface area contributed by atoms with Crippen molar-refractivity contribution in [2.45, 2.75) is 90.3 Å². The number of para-hydroxylation sites is 1. The van der Waals surface area contributed by atoms with E-state index in [1.807, 2.05) is 53.1 Å². The van der Waals surface area contributed by atoms with Crippen LogP contribution in [0.2, 0.25) is 0 Å². The first-order chi connectivity index (χ1) is 25.1. The Morgan fingerprint density at radius 3 is 2.46 bits per heavy atom. The Balaban J connectivity index is 0.954. The molecule has 12 heteroatoms. The van der Waals surface area contributed by atoms with E-state index in [9.17, 15) is 19.2 Å². The molecule has 278 valence electrons. The third-order valence-corrected chi connectivity index (χ3v) is 12.4. The minimum absolute atomic E-state index is 0.0620. The first kappa shape index (κ1) is 35.9. The highest BCUT2D eigenvalue weighted by molar-refractivity contribution is 5.92. The van der Waals surface area contributed by atoms with E-state index in [1.54, 1.807) is 0 Å². The van der Waals surface area contributed by atoms with Gasteiger partial charge >= 0.3 is 6.03 Å². The standard InChI is InChI=1S/C40H54N8O4/c1-27-21-29(23-32-24-42-44-36(27)32)22-30(38(51)47-20-15-40(26-47)13-18-46(19-14-40)37(50)28(2)41-3)8-6-10-35(49)45-16-11-33(12-17-45)48-25-31-7-4-5-9-34(31)43-39(48)52/h4-5,7,9,21,23-24,28,30,33,41H,6,8,10-20,22,25-26H2,1-3H3,(H,42,44)(H,43,52)/t28-,30-/m1/s1. The summed E-state index contributed by atoms with van der Waals surface area (Å²) in [6.45, 7) is 8.78. The van der Waals surface area contributed by atoms with Crippen molar-refractivity contribution in [1.29, 1.82) is 0 Å². The normalized spacial score (nSPS) is 20.2. The molecule has 12 nitrogen and oxygen atoms in total. The van der Waals surface area contributed by atoms with Crippen molar-refractivity contribution in [3.63, 3.8) is 0 Å². The Kier molecular flexibility index (Phi) is 10.5. The first-order valence-electron chi connectivity index (χ1n) is 19.2. The number of fused-ring (bicyclic) bond motifs is 2. The number of carbonyl (C=O) groups excluding carboxylic acids is 4. The zero-order valence-corrected chi connectivity index (χ0v) is 31.0. The molecule has 0 unspecified atom stereocenters. The molecule has 2 aromatic carbocycles. The van der Waals surface area contributed by atoms with Gasteiger partial charge in [-0.25, -0.2) is 4.79 Å². The first-order valence-corrected chi connectivity index (χ1v) is 19.2. The summed E-state index contributed by atoms with van der Waals surface area (Å²) in [5, 5.41) is 14.4. The third kappa shape index (κ3) is 7.53. The van der Waals surface area contributed by atoms with E-state index in [0.717, 1.165) is 91.6 Å². The highest BCUT2D eigenvalue weighted by Gasteiger charge is 2.44. The number of likely N-dealkylation sites (N-methyl/N-ethyl adjacent to an activating group) is 1. The lowest BCUT2D eigenvalue weighted by molar-refractivity contribution is -0.137. The summed E-state index contributed by atoms with van der Waals surface area (Å²) in [5.74, 6) is 0.227. The van der Waals surface area contributed by atoms with Crippen LogP contribution in [-0.2, 0) is 27.3 Å². The van der Waals surface area contributed by atoms with E-state index >= 15 is 0 Å². The second kappa shape index (κ2) is 15.3. The molecule has 3 aromatic rings.